The van der Waals surface area contributed by atoms with E-state index >= 15 is 0 Å². The molecule has 0 rings (SSSR count). The summed E-state index contributed by atoms with van der Waals surface area (Å²) in [4.78, 5) is 0. The summed E-state index contributed by atoms with van der Waals surface area (Å²) < 4.78 is 31.4. The summed E-state index contributed by atoms with van der Waals surface area (Å²) in [6.45, 7) is 5.18. The number of hydrogen-bond acceptors (Lipinski definition) is 5. The molecule has 2 unspecified atom stereocenters. The molecule has 0 heterocycles. The van der Waals surface area contributed by atoms with Gasteiger partial charge in [-0.2, -0.15) is 0 Å². The number of hydrogen-bond donors (Lipinski definition) is 2. The highest BCUT2D eigenvalue weighted by Crippen LogP contribution is 2.19. The first-order chi connectivity index (χ1) is 7.02. The molecule has 0 aromatic heterocycles. The number of aliphatic hydroxyl groups excluding tert-OH is 1. The van der Waals surface area contributed by atoms with Crippen LogP contribution < -0.4 is 0 Å². The van der Waals surface area contributed by atoms with Crippen LogP contribution in [0.15, 0.2) is 0 Å². The molecular weight excluding hydrogens is 232 g/mol. The normalized spacial score (nSPS) is 17.1. The van der Waals surface area contributed by atoms with Gasteiger partial charge in [-0.05, 0) is 32.6 Å². The minimum absolute atomic E-state index is 0.0440. The summed E-state index contributed by atoms with van der Waals surface area (Å²) in [6, 6.07) is 0. The van der Waals surface area contributed by atoms with E-state index in [1.807, 2.05) is 0 Å². The lowest BCUT2D eigenvalue weighted by Gasteiger charge is -2.21. The Bertz CT molecular complexity index is 291. The van der Waals surface area contributed by atoms with Crippen molar-refractivity contribution in [3.8, 4) is 0 Å². The average molecular weight is 253 g/mol. The lowest BCUT2D eigenvalue weighted by Crippen LogP contribution is -2.23. The Balaban J connectivity index is 3.88. The van der Waals surface area contributed by atoms with E-state index in [1.54, 1.807) is 20.8 Å². The molecule has 0 amide bonds. The van der Waals surface area contributed by atoms with Crippen LogP contribution in [0.1, 0.15) is 46.5 Å². The second-order valence-electron chi connectivity index (χ2n) is 4.99. The summed E-state index contributed by atoms with van der Waals surface area (Å²) in [6.07, 6.45) is 1.97. The van der Waals surface area contributed by atoms with E-state index in [-0.39, 0.29) is 12.3 Å². The van der Waals surface area contributed by atoms with E-state index in [2.05, 4.69) is 0 Å². The van der Waals surface area contributed by atoms with E-state index in [0.717, 1.165) is 6.42 Å². The Morgan fingerprint density at radius 3 is 2.25 bits per heavy atom. The van der Waals surface area contributed by atoms with Crippen LogP contribution in [0.4, 0.5) is 0 Å². The molecule has 2 atom stereocenters. The first-order valence-electron chi connectivity index (χ1n) is 5.37. The van der Waals surface area contributed by atoms with Crippen LogP contribution in [0.2, 0.25) is 0 Å². The molecule has 0 fully saturated rings. The molecule has 2 N–H and O–H groups in total. The van der Waals surface area contributed by atoms with Crippen LogP contribution in [0.5, 0.6) is 0 Å². The molecule has 0 saturated carbocycles. The molecule has 0 aliphatic carbocycles. The molecule has 0 aromatic carbocycles. The van der Waals surface area contributed by atoms with Gasteiger partial charge in [-0.3, -0.25) is 0 Å². The molecule has 0 aromatic rings. The van der Waals surface area contributed by atoms with Gasteiger partial charge < -0.3 is 14.8 Å². The summed E-state index contributed by atoms with van der Waals surface area (Å²) in [5, 5.41) is 18.5. The van der Waals surface area contributed by atoms with E-state index < -0.39 is 21.2 Å². The van der Waals surface area contributed by atoms with Gasteiger partial charge in [0.2, 0.25) is 0 Å². The van der Waals surface area contributed by atoms with Crippen LogP contribution in [0.25, 0.3) is 0 Å². The van der Waals surface area contributed by atoms with Gasteiger partial charge in [0.1, 0.15) is 15.6 Å². The molecule has 0 saturated heterocycles. The lowest BCUT2D eigenvalue weighted by molar-refractivity contribution is 0.0664. The SMILES string of the molecule is CC(CCCC(C)(C)O)CC(O)S(=O)(=O)[O-]. The zero-order valence-electron chi connectivity index (χ0n) is 10.0. The maximum Gasteiger partial charge on any atom is 0.143 e. The molecule has 5 nitrogen and oxygen atoms in total. The van der Waals surface area contributed by atoms with E-state index in [1.165, 1.54) is 0 Å². The molecule has 0 aliphatic rings. The summed E-state index contributed by atoms with van der Waals surface area (Å²) in [7, 11) is -4.60. The van der Waals surface area contributed by atoms with Crippen molar-refractivity contribution in [2.24, 2.45) is 5.92 Å². The first kappa shape index (κ1) is 15.8. The van der Waals surface area contributed by atoms with Crippen molar-refractivity contribution >= 4 is 10.1 Å². The van der Waals surface area contributed by atoms with Gasteiger partial charge in [-0.25, -0.2) is 8.42 Å². The second-order valence-corrected chi connectivity index (χ2v) is 6.52. The van der Waals surface area contributed by atoms with Gasteiger partial charge in [0.25, 0.3) is 0 Å². The van der Waals surface area contributed by atoms with Crippen LogP contribution in [0.3, 0.4) is 0 Å². The van der Waals surface area contributed by atoms with E-state index in [4.69, 9.17) is 5.11 Å². The van der Waals surface area contributed by atoms with E-state index in [9.17, 15) is 18.1 Å². The van der Waals surface area contributed by atoms with Gasteiger partial charge in [-0.1, -0.05) is 19.8 Å². The molecule has 98 valence electrons. The maximum atomic E-state index is 10.5. The Kier molecular flexibility index (Phi) is 5.89. The smallest absolute Gasteiger partial charge is 0.143 e. The Morgan fingerprint density at radius 1 is 1.38 bits per heavy atom. The van der Waals surface area contributed by atoms with Crippen LogP contribution in [0, 0.1) is 5.92 Å². The fourth-order valence-electron chi connectivity index (χ4n) is 1.46. The molecule has 0 spiro atoms. The summed E-state index contributed by atoms with van der Waals surface area (Å²) >= 11 is 0. The third-order valence-electron chi connectivity index (χ3n) is 2.42. The maximum absolute atomic E-state index is 10.5. The second kappa shape index (κ2) is 5.95. The van der Waals surface area contributed by atoms with E-state index in [0.29, 0.717) is 12.8 Å². The Morgan fingerprint density at radius 2 is 1.88 bits per heavy atom. The molecule has 16 heavy (non-hydrogen) atoms. The summed E-state index contributed by atoms with van der Waals surface area (Å²) in [5.41, 5.74) is -2.55. The largest absolute Gasteiger partial charge is 0.746 e. The number of aliphatic hydroxyl groups is 2. The fourth-order valence-corrected chi connectivity index (χ4v) is 2.03. The third kappa shape index (κ3) is 8.04. The fraction of sp³-hybridized carbons (Fsp3) is 1.00. The van der Waals surface area contributed by atoms with Crippen molar-refractivity contribution in [2.45, 2.75) is 57.5 Å². The van der Waals surface area contributed by atoms with Crippen LogP contribution in [-0.4, -0.2) is 34.2 Å². The average Bonchev–Trinajstić information content (AvgIpc) is 1.99. The Hall–Kier alpha value is -0.170. The third-order valence-corrected chi connectivity index (χ3v) is 3.28. The van der Waals surface area contributed by atoms with Gasteiger partial charge in [0.05, 0.1) is 5.60 Å². The van der Waals surface area contributed by atoms with Gasteiger partial charge in [0.15, 0.2) is 0 Å². The highest BCUT2D eigenvalue weighted by Gasteiger charge is 2.17. The summed E-state index contributed by atoms with van der Waals surface area (Å²) in [5.74, 6) is -0.0546. The highest BCUT2D eigenvalue weighted by atomic mass is 32.2. The highest BCUT2D eigenvalue weighted by molar-refractivity contribution is 7.86. The van der Waals surface area contributed by atoms with Gasteiger partial charge >= 0.3 is 0 Å². The zero-order valence-corrected chi connectivity index (χ0v) is 10.8. The number of rotatable bonds is 7. The van der Waals surface area contributed by atoms with Gasteiger partial charge in [0, 0.05) is 0 Å². The van der Waals surface area contributed by atoms with Crippen molar-refractivity contribution < 1.29 is 23.2 Å². The van der Waals surface area contributed by atoms with Crippen LogP contribution in [-0.2, 0) is 10.1 Å². The minimum Gasteiger partial charge on any atom is -0.746 e. The van der Waals surface area contributed by atoms with Crippen molar-refractivity contribution in [1.29, 1.82) is 0 Å². The molecule has 6 heteroatoms. The van der Waals surface area contributed by atoms with Crippen molar-refractivity contribution in [2.75, 3.05) is 0 Å². The monoisotopic (exact) mass is 253 g/mol. The standard InChI is InChI=1S/C10H22O5S/c1-8(5-4-6-10(2,3)12)7-9(11)16(13,14)15/h8-9,11-12H,4-7H2,1-3H3,(H,13,14,15)/p-1. The first-order valence-corrected chi connectivity index (χ1v) is 6.84. The van der Waals surface area contributed by atoms with Crippen molar-refractivity contribution in [1.82, 2.24) is 0 Å². The predicted molar refractivity (Wildman–Crippen MR) is 59.6 cm³/mol. The molecular formula is C10H21O5S-. The molecule has 0 bridgehead atoms. The predicted octanol–water partition coefficient (Wildman–Crippen LogP) is 0.817. The Labute approximate surface area is 97.2 Å². The lowest BCUT2D eigenvalue weighted by atomic mass is 9.95. The van der Waals surface area contributed by atoms with Gasteiger partial charge in [-0.15, -0.1) is 0 Å². The zero-order chi connectivity index (χ0) is 13.0. The minimum atomic E-state index is -4.60. The van der Waals surface area contributed by atoms with Crippen molar-refractivity contribution in [3.05, 3.63) is 0 Å². The molecule has 0 aliphatic heterocycles. The topological polar surface area (TPSA) is 97.7 Å². The quantitative estimate of drug-likeness (QED) is 0.654. The molecule has 0 radical (unpaired) electrons. The van der Waals surface area contributed by atoms with Crippen LogP contribution >= 0.6 is 0 Å². The van der Waals surface area contributed by atoms with Crippen molar-refractivity contribution in [3.63, 3.8) is 0 Å².